The third-order valence-corrected chi connectivity index (χ3v) is 10.9. The third kappa shape index (κ3) is 8.12. The van der Waals surface area contributed by atoms with E-state index in [2.05, 4.69) is 140 Å². The van der Waals surface area contributed by atoms with Crippen LogP contribution in [0.3, 0.4) is 0 Å². The fourth-order valence-corrected chi connectivity index (χ4v) is 7.83. The van der Waals surface area contributed by atoms with Crippen molar-refractivity contribution >= 4 is 43.5 Å². The van der Waals surface area contributed by atoms with Crippen LogP contribution < -0.4 is 0 Å². The molecule has 0 saturated carbocycles. The van der Waals surface area contributed by atoms with Crippen LogP contribution in [0.25, 0.3) is 65.8 Å². The Kier molecular flexibility index (Phi) is 11.1. The summed E-state index contributed by atoms with van der Waals surface area (Å²) in [5.41, 5.74) is 15.3. The van der Waals surface area contributed by atoms with Gasteiger partial charge < -0.3 is 14.4 Å². The topological polar surface area (TPSA) is 51.8 Å². The minimum Gasteiger partial charge on any atom is -0.498 e. The van der Waals surface area contributed by atoms with Crippen LogP contribution in [-0.4, -0.2) is 15.0 Å². The number of rotatable bonds is 4. The monoisotopic (exact) mass is 906 g/mol. The van der Waals surface area contributed by atoms with Crippen LogP contribution in [0.1, 0.15) is 74.4 Å². The van der Waals surface area contributed by atoms with Crippen molar-refractivity contribution < 1.29 is 24.5 Å². The first-order valence-electron chi connectivity index (χ1n) is 18.3. The first-order chi connectivity index (χ1) is 25.2. The Morgan fingerprint density at radius 2 is 1.43 bits per heavy atom. The normalized spacial score (nSPS) is 11.8. The van der Waals surface area contributed by atoms with Crippen LogP contribution in [0, 0.1) is 45.2 Å². The van der Waals surface area contributed by atoms with Crippen molar-refractivity contribution in [1.82, 2.24) is 15.0 Å². The quantitative estimate of drug-likeness (QED) is 0.165. The first-order valence-corrected chi connectivity index (χ1v) is 19.1. The van der Waals surface area contributed by atoms with Gasteiger partial charge in [-0.3, -0.25) is 0 Å². The molecule has 0 amide bonds. The standard InChI is InChI=1S/C35H35N2OS.C13H12N.Ir/c1-20-11-9-12-21(2)29(20)26-19-36-27(17-22(26)18-34(3,4)5)25-14-10-13-23-24-15-16-28-30(32(24)38-31(23)25)37-33(39-28)35(6,7)8;1-10-3-6-12(7-4-10)13-8-5-11(2)9-14-13;/h9-13,15-17,19H,18H2,1-8H3;3-6,8-9H,1-2H3;/q2*-1;. The molecule has 0 fully saturated rings. The van der Waals surface area contributed by atoms with Gasteiger partial charge in [0.2, 0.25) is 0 Å². The number of nitrogens with zero attached hydrogens (tertiary/aromatic N) is 3. The summed E-state index contributed by atoms with van der Waals surface area (Å²) < 4.78 is 7.80. The SMILES string of the molecule is Cc1c[c-]c(-c2ccc(C)cn2)cc1.Cc1cccc(C)c1-c1cnc(-c2[c-]ccc3c2oc2c3ccc3sc(C(C)(C)C)nc32)cc1CC(C)(C)C.[Ir]. The number of aromatic nitrogens is 3. The van der Waals surface area contributed by atoms with Gasteiger partial charge in [0.15, 0.2) is 0 Å². The summed E-state index contributed by atoms with van der Waals surface area (Å²) in [5.74, 6) is 0. The Labute approximate surface area is 337 Å². The Hall–Kier alpha value is -4.48. The molecule has 0 aliphatic carbocycles. The zero-order valence-corrected chi connectivity index (χ0v) is 36.1. The number of hydrogen-bond donors (Lipinski definition) is 0. The Morgan fingerprint density at radius 1 is 0.722 bits per heavy atom. The molecule has 277 valence electrons. The molecule has 0 saturated heterocycles. The molecule has 0 bridgehead atoms. The number of aryl methyl sites for hydroxylation is 4. The molecule has 6 heteroatoms. The van der Waals surface area contributed by atoms with Crippen LogP contribution in [0.2, 0.25) is 0 Å². The van der Waals surface area contributed by atoms with E-state index in [1.807, 2.05) is 37.4 Å². The fourth-order valence-electron chi connectivity index (χ4n) is 6.81. The van der Waals surface area contributed by atoms with Gasteiger partial charge in [0, 0.05) is 48.9 Å². The van der Waals surface area contributed by atoms with E-state index in [1.54, 1.807) is 11.3 Å². The molecule has 0 spiro atoms. The Balaban J connectivity index is 0.000000279. The van der Waals surface area contributed by atoms with Crippen molar-refractivity contribution in [3.63, 3.8) is 0 Å². The molecular weight excluding hydrogens is 859 g/mol. The molecule has 0 unspecified atom stereocenters. The van der Waals surface area contributed by atoms with Gasteiger partial charge in [0.05, 0.1) is 15.3 Å². The van der Waals surface area contributed by atoms with Crippen molar-refractivity contribution in [3.05, 3.63) is 136 Å². The number of pyridine rings is 2. The van der Waals surface area contributed by atoms with Gasteiger partial charge in [0.1, 0.15) is 11.1 Å². The van der Waals surface area contributed by atoms with Crippen LogP contribution in [0.15, 0.2) is 95.7 Å². The van der Waals surface area contributed by atoms with Crippen LogP contribution >= 0.6 is 11.3 Å². The summed E-state index contributed by atoms with van der Waals surface area (Å²) >= 11 is 1.75. The second-order valence-electron chi connectivity index (χ2n) is 16.5. The fraction of sp³-hybridized carbons (Fsp3) is 0.271. The zero-order chi connectivity index (χ0) is 37.7. The smallest absolute Gasteiger partial charge is 0.148 e. The van der Waals surface area contributed by atoms with E-state index >= 15 is 0 Å². The van der Waals surface area contributed by atoms with E-state index in [9.17, 15) is 0 Å². The summed E-state index contributed by atoms with van der Waals surface area (Å²) in [6, 6.07) is 34.0. The van der Waals surface area contributed by atoms with E-state index < -0.39 is 0 Å². The first kappa shape index (κ1) is 39.2. The molecule has 8 aromatic rings. The zero-order valence-electron chi connectivity index (χ0n) is 32.9. The van der Waals surface area contributed by atoms with Gasteiger partial charge in [-0.2, -0.15) is 0 Å². The molecule has 4 nitrogen and oxygen atoms in total. The molecule has 8 rings (SSSR count). The van der Waals surface area contributed by atoms with Gasteiger partial charge in [-0.05, 0) is 77.9 Å². The van der Waals surface area contributed by atoms with E-state index in [0.29, 0.717) is 0 Å². The van der Waals surface area contributed by atoms with Gasteiger partial charge in [0.25, 0.3) is 0 Å². The number of benzene rings is 4. The summed E-state index contributed by atoms with van der Waals surface area (Å²) in [6.45, 7) is 22.0. The number of thiazole rings is 1. The molecule has 4 aromatic carbocycles. The predicted molar refractivity (Wildman–Crippen MR) is 224 cm³/mol. The summed E-state index contributed by atoms with van der Waals surface area (Å²) in [5, 5.41) is 3.28. The summed E-state index contributed by atoms with van der Waals surface area (Å²) in [7, 11) is 0. The largest absolute Gasteiger partial charge is 0.498 e. The molecule has 0 N–H and O–H groups in total. The average molecular weight is 906 g/mol. The van der Waals surface area contributed by atoms with Crippen molar-refractivity contribution in [2.24, 2.45) is 5.41 Å². The van der Waals surface area contributed by atoms with Crippen molar-refractivity contribution in [2.75, 3.05) is 0 Å². The van der Waals surface area contributed by atoms with Crippen molar-refractivity contribution in [1.29, 1.82) is 0 Å². The average Bonchev–Trinajstić information content (AvgIpc) is 3.72. The van der Waals surface area contributed by atoms with Crippen LogP contribution in [-0.2, 0) is 31.9 Å². The molecule has 0 aliphatic heterocycles. The predicted octanol–water partition coefficient (Wildman–Crippen LogP) is 13.4. The van der Waals surface area contributed by atoms with Gasteiger partial charge in [-0.25, -0.2) is 4.98 Å². The van der Waals surface area contributed by atoms with Crippen LogP contribution in [0.5, 0.6) is 0 Å². The maximum atomic E-state index is 6.64. The minimum atomic E-state index is -0.00839. The maximum Gasteiger partial charge on any atom is 0.148 e. The van der Waals surface area contributed by atoms with Crippen molar-refractivity contribution in [2.45, 2.75) is 81.1 Å². The van der Waals surface area contributed by atoms with Gasteiger partial charge >= 0.3 is 0 Å². The second-order valence-corrected chi connectivity index (χ2v) is 17.5. The van der Waals surface area contributed by atoms with E-state index in [0.717, 1.165) is 66.1 Å². The Bertz CT molecular complexity index is 2520. The number of furan rings is 1. The van der Waals surface area contributed by atoms with E-state index in [1.165, 1.54) is 38.9 Å². The molecule has 4 heterocycles. The summed E-state index contributed by atoms with van der Waals surface area (Å²) in [4.78, 5) is 14.4. The van der Waals surface area contributed by atoms with E-state index in [4.69, 9.17) is 14.4 Å². The minimum absolute atomic E-state index is 0. The number of hydrogen-bond acceptors (Lipinski definition) is 5. The van der Waals surface area contributed by atoms with Crippen molar-refractivity contribution in [3.8, 4) is 33.6 Å². The number of fused-ring (bicyclic) bond motifs is 5. The molecule has 0 atom stereocenters. The molecule has 4 aromatic heterocycles. The molecule has 1 radical (unpaired) electrons. The maximum absolute atomic E-state index is 6.64. The van der Waals surface area contributed by atoms with Gasteiger partial charge in [-0.15, -0.1) is 64.9 Å². The van der Waals surface area contributed by atoms with Crippen LogP contribution in [0.4, 0.5) is 0 Å². The second kappa shape index (κ2) is 15.3. The van der Waals surface area contributed by atoms with E-state index in [-0.39, 0.29) is 30.9 Å². The third-order valence-electron chi connectivity index (χ3n) is 9.47. The molecular formula is C48H47IrN3OS-2. The molecule has 0 aliphatic rings. The Morgan fingerprint density at radius 3 is 2.07 bits per heavy atom. The molecule has 54 heavy (non-hydrogen) atoms. The van der Waals surface area contributed by atoms with Gasteiger partial charge in [-0.1, -0.05) is 102 Å². The summed E-state index contributed by atoms with van der Waals surface area (Å²) in [6.07, 6.45) is 4.87.